The highest BCUT2D eigenvalue weighted by Crippen LogP contribution is 2.42. The molecule has 3 aromatic rings. The standard InChI is InChI=1S/C29H34F2N6O2/c1-18-11-23(30)21(28(38)33-19-5-6-19)12-20(18)24-16-36(17-35(24)3)27-14-32-26-13-25(39-4)22(15-37(26)27)29(31)7-9-34(2)10-8-29/h11-16,19H,5-10,17H2,1-4H3,(H,33,38). The van der Waals surface area contributed by atoms with Crippen LogP contribution in [-0.2, 0) is 5.67 Å². The Morgan fingerprint density at radius 3 is 2.62 bits per heavy atom. The minimum Gasteiger partial charge on any atom is -0.496 e. The number of aromatic nitrogens is 2. The monoisotopic (exact) mass is 536 g/mol. The van der Waals surface area contributed by atoms with E-state index in [1.807, 2.05) is 47.6 Å². The summed E-state index contributed by atoms with van der Waals surface area (Å²) in [6.45, 7) is 3.70. The first kappa shape index (κ1) is 25.6. The van der Waals surface area contributed by atoms with Crippen LogP contribution in [0, 0.1) is 12.7 Å². The molecule has 4 heterocycles. The Morgan fingerprint density at radius 2 is 1.92 bits per heavy atom. The highest BCUT2D eigenvalue weighted by molar-refractivity contribution is 5.96. The number of nitrogens with zero attached hydrogens (tertiary/aromatic N) is 5. The number of methoxy groups -OCH3 is 1. The average molecular weight is 537 g/mol. The summed E-state index contributed by atoms with van der Waals surface area (Å²) in [5.74, 6) is 0.371. The maximum Gasteiger partial charge on any atom is 0.254 e. The average Bonchev–Trinajstić information content (AvgIpc) is 3.50. The van der Waals surface area contributed by atoms with Crippen molar-refractivity contribution in [3.8, 4) is 5.75 Å². The van der Waals surface area contributed by atoms with Gasteiger partial charge in [0.15, 0.2) is 0 Å². The number of nitrogens with one attached hydrogen (secondary N) is 1. The van der Waals surface area contributed by atoms with Gasteiger partial charge in [0.05, 0.1) is 31.2 Å². The second-order valence-electron chi connectivity index (χ2n) is 11.1. The lowest BCUT2D eigenvalue weighted by molar-refractivity contribution is 0.0645. The number of piperidine rings is 1. The topological polar surface area (TPSA) is 65.3 Å². The van der Waals surface area contributed by atoms with E-state index >= 15 is 4.39 Å². The highest BCUT2D eigenvalue weighted by atomic mass is 19.1. The van der Waals surface area contributed by atoms with E-state index in [1.165, 1.54) is 6.07 Å². The number of pyridine rings is 1. The summed E-state index contributed by atoms with van der Waals surface area (Å²) in [5.41, 5.74) is 2.13. The molecule has 2 aromatic heterocycles. The maximum atomic E-state index is 16.2. The van der Waals surface area contributed by atoms with Crippen LogP contribution in [0.5, 0.6) is 5.75 Å². The van der Waals surface area contributed by atoms with Gasteiger partial charge in [0.25, 0.3) is 5.91 Å². The molecule has 0 unspecified atom stereocenters. The van der Waals surface area contributed by atoms with Crippen molar-refractivity contribution in [2.24, 2.45) is 0 Å². The summed E-state index contributed by atoms with van der Waals surface area (Å²) in [6, 6.07) is 4.99. The van der Waals surface area contributed by atoms with Gasteiger partial charge in [-0.2, -0.15) is 0 Å². The molecule has 0 spiro atoms. The second kappa shape index (κ2) is 9.51. The molecule has 1 saturated carbocycles. The Kier molecular flexibility index (Phi) is 6.25. The van der Waals surface area contributed by atoms with Gasteiger partial charge < -0.3 is 24.8 Å². The molecule has 0 atom stereocenters. The molecular formula is C29H34F2N6O2. The lowest BCUT2D eigenvalue weighted by Gasteiger charge is -2.35. The predicted octanol–water partition coefficient (Wildman–Crippen LogP) is 4.28. The van der Waals surface area contributed by atoms with Crippen LogP contribution in [-0.4, -0.2) is 72.1 Å². The van der Waals surface area contributed by atoms with Crippen LogP contribution in [0.2, 0.25) is 0 Å². The van der Waals surface area contributed by atoms with E-state index in [1.54, 1.807) is 25.4 Å². The largest absolute Gasteiger partial charge is 0.496 e. The van der Waals surface area contributed by atoms with Crippen LogP contribution < -0.4 is 15.0 Å². The Morgan fingerprint density at radius 1 is 1.18 bits per heavy atom. The van der Waals surface area contributed by atoms with Crippen LogP contribution in [0.1, 0.15) is 52.7 Å². The van der Waals surface area contributed by atoms with Crippen LogP contribution in [0.3, 0.4) is 0 Å². The number of alkyl halides is 1. The molecule has 3 aliphatic rings. The van der Waals surface area contributed by atoms with Crippen molar-refractivity contribution in [1.29, 1.82) is 0 Å². The quantitative estimate of drug-likeness (QED) is 0.508. The fraction of sp³-hybridized carbons (Fsp3) is 0.448. The van der Waals surface area contributed by atoms with Crippen molar-refractivity contribution in [1.82, 2.24) is 24.5 Å². The maximum absolute atomic E-state index is 16.2. The number of benzene rings is 1. The Hall–Kier alpha value is -3.66. The fourth-order valence-corrected chi connectivity index (χ4v) is 5.57. The zero-order chi connectivity index (χ0) is 27.5. The van der Waals surface area contributed by atoms with Crippen LogP contribution >= 0.6 is 0 Å². The number of halogens is 2. The van der Waals surface area contributed by atoms with E-state index in [9.17, 15) is 9.18 Å². The summed E-state index contributed by atoms with van der Waals surface area (Å²) in [4.78, 5) is 23.5. The van der Waals surface area contributed by atoms with E-state index in [0.29, 0.717) is 49.6 Å². The van der Waals surface area contributed by atoms with Crippen LogP contribution in [0.4, 0.5) is 14.6 Å². The number of ether oxygens (including phenoxy) is 1. The number of hydrogen-bond donors (Lipinski definition) is 1. The first-order valence-electron chi connectivity index (χ1n) is 13.4. The molecule has 0 radical (unpaired) electrons. The molecule has 206 valence electrons. The second-order valence-corrected chi connectivity index (χ2v) is 11.1. The van der Waals surface area contributed by atoms with E-state index in [2.05, 4.69) is 15.2 Å². The molecule has 1 aliphatic carbocycles. The number of rotatable bonds is 6. The molecular weight excluding hydrogens is 502 g/mol. The molecule has 1 N–H and O–H groups in total. The number of fused-ring (bicyclic) bond motifs is 1. The highest BCUT2D eigenvalue weighted by Gasteiger charge is 2.39. The van der Waals surface area contributed by atoms with E-state index < -0.39 is 11.5 Å². The summed E-state index contributed by atoms with van der Waals surface area (Å²) in [7, 11) is 5.52. The van der Waals surface area contributed by atoms with Crippen molar-refractivity contribution < 1.29 is 18.3 Å². The van der Waals surface area contributed by atoms with Gasteiger partial charge in [0, 0.05) is 55.8 Å². The number of carbonyl (C=O) groups excluding carboxylic acids is 1. The molecule has 39 heavy (non-hydrogen) atoms. The molecule has 6 rings (SSSR count). The molecule has 2 aliphatic heterocycles. The number of amides is 1. The zero-order valence-electron chi connectivity index (χ0n) is 22.8. The van der Waals surface area contributed by atoms with E-state index in [0.717, 1.165) is 35.5 Å². The van der Waals surface area contributed by atoms with Crippen LogP contribution in [0.25, 0.3) is 11.3 Å². The SMILES string of the molecule is COc1cc2ncc(N3C=C(c4cc(C(=O)NC5CC5)c(F)cc4C)N(C)C3)n2cc1C1(F)CCN(C)CC1. The van der Waals surface area contributed by atoms with Crippen molar-refractivity contribution >= 4 is 23.1 Å². The number of aryl methyl sites for hydroxylation is 1. The molecule has 2 fully saturated rings. The molecule has 10 heteroatoms. The first-order chi connectivity index (χ1) is 18.7. The first-order valence-corrected chi connectivity index (χ1v) is 13.4. The molecule has 1 amide bonds. The van der Waals surface area contributed by atoms with Gasteiger partial charge in [0.2, 0.25) is 0 Å². The summed E-state index contributed by atoms with van der Waals surface area (Å²) in [5, 5.41) is 2.88. The fourth-order valence-electron chi connectivity index (χ4n) is 5.57. The van der Waals surface area contributed by atoms with Gasteiger partial charge in [-0.05, 0) is 57.4 Å². The Labute approximate surface area is 226 Å². The van der Waals surface area contributed by atoms with E-state index in [-0.39, 0.29) is 17.5 Å². The van der Waals surface area contributed by atoms with Gasteiger partial charge in [-0.3, -0.25) is 9.20 Å². The summed E-state index contributed by atoms with van der Waals surface area (Å²) < 4.78 is 38.5. The number of anilines is 1. The molecule has 1 saturated heterocycles. The van der Waals surface area contributed by atoms with Gasteiger partial charge in [-0.25, -0.2) is 13.8 Å². The van der Waals surface area contributed by atoms with Crippen molar-refractivity contribution in [3.05, 3.63) is 64.9 Å². The van der Waals surface area contributed by atoms with Gasteiger partial charge in [0.1, 0.15) is 28.7 Å². The predicted molar refractivity (Wildman–Crippen MR) is 146 cm³/mol. The number of hydrogen-bond acceptors (Lipinski definition) is 6. The Balaban J connectivity index is 1.37. The molecule has 0 bridgehead atoms. The number of likely N-dealkylation sites (tertiary alicyclic amines) is 1. The minimum atomic E-state index is -1.49. The van der Waals surface area contributed by atoms with Crippen molar-refractivity contribution in [2.75, 3.05) is 45.9 Å². The lowest BCUT2D eigenvalue weighted by Crippen LogP contribution is -2.38. The molecule has 1 aromatic carbocycles. The normalized spacial score (nSPS) is 19.5. The lowest BCUT2D eigenvalue weighted by atomic mass is 9.86. The van der Waals surface area contributed by atoms with Crippen molar-refractivity contribution in [3.63, 3.8) is 0 Å². The minimum absolute atomic E-state index is 0.0492. The Bertz CT molecular complexity index is 1470. The molecule has 8 nitrogen and oxygen atoms in total. The third kappa shape index (κ3) is 4.60. The van der Waals surface area contributed by atoms with Gasteiger partial charge in [-0.15, -0.1) is 0 Å². The third-order valence-electron chi connectivity index (χ3n) is 8.17. The van der Waals surface area contributed by atoms with Gasteiger partial charge >= 0.3 is 0 Å². The van der Waals surface area contributed by atoms with Gasteiger partial charge in [-0.1, -0.05) is 0 Å². The zero-order valence-corrected chi connectivity index (χ0v) is 22.8. The smallest absolute Gasteiger partial charge is 0.254 e. The number of imidazole rings is 1. The number of carbonyl (C=O) groups is 1. The summed E-state index contributed by atoms with van der Waals surface area (Å²) in [6.07, 6.45) is 8.20. The summed E-state index contributed by atoms with van der Waals surface area (Å²) >= 11 is 0. The van der Waals surface area contributed by atoms with Crippen molar-refractivity contribution in [2.45, 2.75) is 44.3 Å². The van der Waals surface area contributed by atoms with Crippen LogP contribution in [0.15, 0.2) is 36.8 Å². The van der Waals surface area contributed by atoms with E-state index in [4.69, 9.17) is 4.74 Å². The third-order valence-corrected chi connectivity index (χ3v) is 8.17.